The van der Waals surface area contributed by atoms with Crippen LogP contribution in [0.4, 0.5) is 5.82 Å². The maximum absolute atomic E-state index is 5.48. The second-order valence-corrected chi connectivity index (χ2v) is 6.48. The van der Waals surface area contributed by atoms with Crippen molar-refractivity contribution >= 4 is 5.82 Å². The molecule has 0 bridgehead atoms. The molecule has 0 saturated heterocycles. The van der Waals surface area contributed by atoms with E-state index in [1.165, 1.54) is 16.8 Å². The molecule has 0 saturated carbocycles. The number of rotatable bonds is 3. The van der Waals surface area contributed by atoms with Crippen LogP contribution >= 0.6 is 0 Å². The quantitative estimate of drug-likeness (QED) is 0.858. The topological polar surface area (TPSA) is 50.7 Å². The highest BCUT2D eigenvalue weighted by atomic mass is 16.7. The minimum Gasteiger partial charge on any atom is -0.454 e. The van der Waals surface area contributed by atoms with Gasteiger partial charge in [-0.15, -0.1) is 0 Å². The van der Waals surface area contributed by atoms with E-state index in [9.17, 15) is 0 Å². The fourth-order valence-corrected chi connectivity index (χ4v) is 3.40. The van der Waals surface area contributed by atoms with Gasteiger partial charge in [0.2, 0.25) is 6.79 Å². The van der Waals surface area contributed by atoms with E-state index in [1.54, 1.807) is 6.33 Å². The van der Waals surface area contributed by atoms with E-state index in [0.29, 0.717) is 6.79 Å². The zero-order chi connectivity index (χ0) is 16.5. The molecule has 24 heavy (non-hydrogen) atoms. The lowest BCUT2D eigenvalue weighted by Gasteiger charge is -2.20. The highest BCUT2D eigenvalue weighted by Crippen LogP contribution is 2.33. The molecule has 0 spiro atoms. The molecule has 126 valence electrons. The van der Waals surface area contributed by atoms with Crippen LogP contribution in [-0.4, -0.2) is 48.8 Å². The Hall–Kier alpha value is -2.34. The molecule has 0 unspecified atom stereocenters. The SMILES string of the molecule is CN(C)c1ncnc2c1CCN(Cc1ccc3c(c1)OCO3)CC2. The van der Waals surface area contributed by atoms with Crippen LogP contribution in [0.15, 0.2) is 24.5 Å². The van der Waals surface area contributed by atoms with Gasteiger partial charge in [0.25, 0.3) is 0 Å². The Morgan fingerprint density at radius 1 is 1.08 bits per heavy atom. The molecule has 4 rings (SSSR count). The van der Waals surface area contributed by atoms with Gasteiger partial charge < -0.3 is 14.4 Å². The molecular weight excluding hydrogens is 304 g/mol. The van der Waals surface area contributed by atoms with Crippen LogP contribution in [0.1, 0.15) is 16.8 Å². The Morgan fingerprint density at radius 2 is 1.92 bits per heavy atom. The summed E-state index contributed by atoms with van der Waals surface area (Å²) in [6, 6.07) is 6.21. The van der Waals surface area contributed by atoms with Gasteiger partial charge in [0, 0.05) is 45.7 Å². The predicted octanol–water partition coefficient (Wildman–Crippen LogP) is 1.87. The van der Waals surface area contributed by atoms with Crippen molar-refractivity contribution in [2.24, 2.45) is 0 Å². The standard InChI is InChI=1S/C18H22N4O2/c1-21(2)18-14-5-7-22(8-6-15(14)19-11-20-18)10-13-3-4-16-17(9-13)24-12-23-16/h3-4,9,11H,5-8,10,12H2,1-2H3. The first kappa shape index (κ1) is 15.2. The van der Waals surface area contributed by atoms with Crippen LogP contribution in [0.25, 0.3) is 0 Å². The van der Waals surface area contributed by atoms with E-state index in [0.717, 1.165) is 49.8 Å². The Balaban J connectivity index is 1.49. The summed E-state index contributed by atoms with van der Waals surface area (Å²) in [6.07, 6.45) is 3.62. The van der Waals surface area contributed by atoms with E-state index in [1.807, 2.05) is 20.2 Å². The fourth-order valence-electron chi connectivity index (χ4n) is 3.40. The molecule has 0 fully saturated rings. The molecule has 0 atom stereocenters. The Bertz CT molecular complexity index is 748. The molecule has 2 aliphatic heterocycles. The molecule has 3 heterocycles. The van der Waals surface area contributed by atoms with Crippen molar-refractivity contribution < 1.29 is 9.47 Å². The van der Waals surface area contributed by atoms with Crippen molar-refractivity contribution in [2.45, 2.75) is 19.4 Å². The zero-order valence-electron chi connectivity index (χ0n) is 14.2. The predicted molar refractivity (Wildman–Crippen MR) is 91.6 cm³/mol. The largest absolute Gasteiger partial charge is 0.454 e. The molecule has 0 aliphatic carbocycles. The van der Waals surface area contributed by atoms with E-state index >= 15 is 0 Å². The molecule has 2 aliphatic rings. The van der Waals surface area contributed by atoms with Crippen LogP contribution in [0.5, 0.6) is 11.5 Å². The molecule has 1 aromatic carbocycles. The molecule has 2 aromatic rings. The Labute approximate surface area is 142 Å². The van der Waals surface area contributed by atoms with Crippen molar-refractivity contribution in [3.8, 4) is 11.5 Å². The van der Waals surface area contributed by atoms with Crippen molar-refractivity contribution in [1.29, 1.82) is 0 Å². The maximum atomic E-state index is 5.48. The molecule has 0 radical (unpaired) electrons. The molecule has 0 amide bonds. The van der Waals surface area contributed by atoms with Crippen LogP contribution in [0.2, 0.25) is 0 Å². The summed E-state index contributed by atoms with van der Waals surface area (Å²) in [5.74, 6) is 2.74. The number of aromatic nitrogens is 2. The average Bonchev–Trinajstić information content (AvgIpc) is 2.95. The number of fused-ring (bicyclic) bond motifs is 2. The normalized spacial score (nSPS) is 16.6. The van der Waals surface area contributed by atoms with Gasteiger partial charge in [-0.05, 0) is 24.1 Å². The third kappa shape index (κ3) is 2.89. The highest BCUT2D eigenvalue weighted by Gasteiger charge is 2.20. The number of benzene rings is 1. The third-order valence-corrected chi connectivity index (χ3v) is 4.62. The summed E-state index contributed by atoms with van der Waals surface area (Å²) in [4.78, 5) is 13.5. The second-order valence-electron chi connectivity index (χ2n) is 6.48. The Morgan fingerprint density at radius 3 is 2.79 bits per heavy atom. The van der Waals surface area contributed by atoms with Crippen LogP contribution in [0, 0.1) is 0 Å². The zero-order valence-corrected chi connectivity index (χ0v) is 14.2. The summed E-state index contributed by atoms with van der Waals surface area (Å²) in [6.45, 7) is 3.25. The molecule has 6 nitrogen and oxygen atoms in total. The average molecular weight is 326 g/mol. The van der Waals surface area contributed by atoms with Crippen LogP contribution in [-0.2, 0) is 19.4 Å². The van der Waals surface area contributed by atoms with E-state index in [2.05, 4.69) is 31.9 Å². The summed E-state index contributed by atoms with van der Waals surface area (Å²) < 4.78 is 10.9. The summed E-state index contributed by atoms with van der Waals surface area (Å²) in [5, 5.41) is 0. The number of nitrogens with zero attached hydrogens (tertiary/aromatic N) is 4. The lowest BCUT2D eigenvalue weighted by atomic mass is 10.1. The number of anilines is 1. The minimum atomic E-state index is 0.323. The van der Waals surface area contributed by atoms with Crippen molar-refractivity contribution in [2.75, 3.05) is 38.9 Å². The lowest BCUT2D eigenvalue weighted by molar-refractivity contribution is 0.174. The summed E-state index contributed by atoms with van der Waals surface area (Å²) >= 11 is 0. The minimum absolute atomic E-state index is 0.323. The third-order valence-electron chi connectivity index (χ3n) is 4.62. The number of ether oxygens (including phenoxy) is 2. The first-order valence-electron chi connectivity index (χ1n) is 8.31. The van der Waals surface area contributed by atoms with Gasteiger partial charge in [-0.3, -0.25) is 4.90 Å². The van der Waals surface area contributed by atoms with Crippen molar-refractivity contribution in [3.63, 3.8) is 0 Å². The van der Waals surface area contributed by atoms with Gasteiger partial charge in [0.15, 0.2) is 11.5 Å². The first-order chi connectivity index (χ1) is 11.7. The van der Waals surface area contributed by atoms with E-state index < -0.39 is 0 Å². The summed E-state index contributed by atoms with van der Waals surface area (Å²) in [7, 11) is 4.08. The van der Waals surface area contributed by atoms with Gasteiger partial charge in [-0.25, -0.2) is 9.97 Å². The molecule has 6 heteroatoms. The smallest absolute Gasteiger partial charge is 0.231 e. The number of hydrogen-bond donors (Lipinski definition) is 0. The molecule has 0 N–H and O–H groups in total. The lowest BCUT2D eigenvalue weighted by Crippen LogP contribution is -2.26. The Kier molecular flexibility index (Phi) is 3.98. The van der Waals surface area contributed by atoms with Gasteiger partial charge >= 0.3 is 0 Å². The highest BCUT2D eigenvalue weighted by molar-refractivity contribution is 5.48. The fraction of sp³-hybridized carbons (Fsp3) is 0.444. The van der Waals surface area contributed by atoms with Crippen molar-refractivity contribution in [1.82, 2.24) is 14.9 Å². The van der Waals surface area contributed by atoms with Gasteiger partial charge in [-0.1, -0.05) is 6.07 Å². The van der Waals surface area contributed by atoms with Crippen LogP contribution in [0.3, 0.4) is 0 Å². The molecule has 1 aromatic heterocycles. The van der Waals surface area contributed by atoms with E-state index in [-0.39, 0.29) is 0 Å². The monoisotopic (exact) mass is 326 g/mol. The summed E-state index contributed by atoms with van der Waals surface area (Å²) in [5.41, 5.74) is 3.72. The van der Waals surface area contributed by atoms with Gasteiger partial charge in [-0.2, -0.15) is 0 Å². The molecular formula is C18H22N4O2. The second kappa shape index (κ2) is 6.28. The number of hydrogen-bond acceptors (Lipinski definition) is 6. The van der Waals surface area contributed by atoms with Gasteiger partial charge in [0.1, 0.15) is 12.1 Å². The van der Waals surface area contributed by atoms with E-state index in [4.69, 9.17) is 9.47 Å². The maximum Gasteiger partial charge on any atom is 0.231 e. The van der Waals surface area contributed by atoms with Crippen LogP contribution < -0.4 is 14.4 Å². The first-order valence-corrected chi connectivity index (χ1v) is 8.31. The van der Waals surface area contributed by atoms with Crippen molar-refractivity contribution in [3.05, 3.63) is 41.3 Å². The van der Waals surface area contributed by atoms with Gasteiger partial charge in [0.05, 0.1) is 5.69 Å².